The van der Waals surface area contributed by atoms with Crippen molar-refractivity contribution < 1.29 is 5.11 Å². The Morgan fingerprint density at radius 3 is 2.80 bits per heavy atom. The number of hydrogen-bond acceptors (Lipinski definition) is 4. The first-order valence-corrected chi connectivity index (χ1v) is 3.09. The van der Waals surface area contributed by atoms with Crippen LogP contribution < -0.4 is 0 Å². The minimum atomic E-state index is -0.0484. The van der Waals surface area contributed by atoms with Gasteiger partial charge in [-0.05, 0) is 16.3 Å². The van der Waals surface area contributed by atoms with E-state index in [2.05, 4.69) is 9.96 Å². The molecule has 0 saturated heterocycles. The van der Waals surface area contributed by atoms with Gasteiger partial charge in [-0.1, -0.05) is 7.43 Å². The van der Waals surface area contributed by atoms with Gasteiger partial charge in [0, 0.05) is 4.98 Å². The Morgan fingerprint density at radius 1 is 1.80 bits per heavy atom. The predicted octanol–water partition coefficient (Wildman–Crippen LogP) is 1.76. The average molecular weight is 158 g/mol. The van der Waals surface area contributed by atoms with Gasteiger partial charge in [0.2, 0.25) is 0 Å². The highest BCUT2D eigenvalue weighted by Crippen LogP contribution is 2.19. The first kappa shape index (κ1) is 9.01. The van der Waals surface area contributed by atoms with Crippen LogP contribution in [0.3, 0.4) is 0 Å². The van der Waals surface area contributed by atoms with Gasteiger partial charge in [-0.2, -0.15) is 0 Å². The molecule has 0 radical (unpaired) electrons. The smallest absolute Gasteiger partial charge is 0.391 e. The monoisotopic (exact) mass is 158 g/mol. The summed E-state index contributed by atoms with van der Waals surface area (Å²) in [6.45, 7) is -0.0484. The van der Waals surface area contributed by atoms with Gasteiger partial charge in [-0.25, -0.2) is 0 Å². The van der Waals surface area contributed by atoms with E-state index >= 15 is 0 Å². The molecular formula is C5H8N3OS+. The summed E-state index contributed by atoms with van der Waals surface area (Å²) in [5.74, 6) is 0. The Bertz CT molecular complexity index is 239. The normalized spacial score (nSPS) is 8.00. The van der Waals surface area contributed by atoms with Crippen LogP contribution in [0.2, 0.25) is 0 Å². The number of aromatic nitrogens is 1. The summed E-state index contributed by atoms with van der Waals surface area (Å²) in [5, 5.41) is 16.9. The Labute approximate surface area is 62.8 Å². The molecule has 0 saturated carbocycles. The zero-order valence-corrected chi connectivity index (χ0v) is 5.30. The molecular weight excluding hydrogens is 150 g/mol. The lowest BCUT2D eigenvalue weighted by Gasteiger charge is -1.73. The van der Waals surface area contributed by atoms with Crippen molar-refractivity contribution in [2.45, 2.75) is 14.0 Å². The van der Waals surface area contributed by atoms with Gasteiger partial charge in [-0.3, -0.25) is 0 Å². The first-order chi connectivity index (χ1) is 4.36. The molecule has 0 aliphatic carbocycles. The molecule has 1 heterocycles. The fourth-order valence-corrected chi connectivity index (χ4v) is 0.967. The third kappa shape index (κ3) is 1.76. The predicted molar refractivity (Wildman–Crippen MR) is 39.5 cm³/mol. The molecule has 0 amide bonds. The van der Waals surface area contributed by atoms with E-state index in [-0.39, 0.29) is 19.2 Å². The first-order valence-electron chi connectivity index (χ1n) is 2.27. The van der Waals surface area contributed by atoms with Gasteiger partial charge in [0.1, 0.15) is 0 Å². The molecule has 1 aromatic heterocycles. The van der Waals surface area contributed by atoms with Crippen molar-refractivity contribution >= 4 is 16.5 Å². The number of aliphatic hydroxyl groups excluding tert-OH is 1. The van der Waals surface area contributed by atoms with Crippen LogP contribution in [0.5, 0.6) is 0 Å². The molecule has 10 heavy (non-hydrogen) atoms. The van der Waals surface area contributed by atoms with E-state index in [9.17, 15) is 0 Å². The van der Waals surface area contributed by atoms with Crippen molar-refractivity contribution in [2.24, 2.45) is 0 Å². The Hall–Kier alpha value is -0.990. The molecule has 0 unspecified atom stereocenters. The minimum Gasteiger partial charge on any atom is -0.391 e. The maximum atomic E-state index is 8.49. The molecule has 0 bridgehead atoms. The van der Waals surface area contributed by atoms with E-state index in [1.807, 2.05) is 0 Å². The highest BCUT2D eigenvalue weighted by atomic mass is 32.1. The van der Waals surface area contributed by atoms with Gasteiger partial charge in [-0.15, -0.1) is 0 Å². The highest BCUT2D eigenvalue weighted by Gasteiger charge is 2.09. The van der Waals surface area contributed by atoms with Crippen LogP contribution in [0.1, 0.15) is 12.3 Å². The number of thiazole rings is 1. The number of rotatable bonds is 1. The Morgan fingerprint density at radius 2 is 2.50 bits per heavy atom. The van der Waals surface area contributed by atoms with Crippen LogP contribution in [-0.4, -0.2) is 10.1 Å². The van der Waals surface area contributed by atoms with E-state index in [0.29, 0.717) is 4.88 Å². The summed E-state index contributed by atoms with van der Waals surface area (Å²) in [6.07, 6.45) is 1.47. The molecule has 0 aliphatic rings. The number of hydrogen-bond donors (Lipinski definition) is 1. The summed E-state index contributed by atoms with van der Waals surface area (Å²) in [5.41, 5.74) is 0. The second kappa shape index (κ2) is 3.93. The largest absolute Gasteiger partial charge is 0.523 e. The molecule has 0 aliphatic heterocycles. The lowest BCUT2D eigenvalue weighted by Crippen LogP contribution is -1.70. The molecule has 0 fully saturated rings. The molecule has 5 heteroatoms. The van der Waals surface area contributed by atoms with Crippen LogP contribution in [0.15, 0.2) is 6.20 Å². The summed E-state index contributed by atoms with van der Waals surface area (Å²) in [4.78, 5) is 7.18. The number of diazo groups is 1. The average Bonchev–Trinajstić information content (AvgIpc) is 2.34. The van der Waals surface area contributed by atoms with Gasteiger partial charge in [0.15, 0.2) is 6.20 Å². The fourth-order valence-electron chi connectivity index (χ4n) is 0.417. The summed E-state index contributed by atoms with van der Waals surface area (Å²) in [7, 11) is 0. The number of nitrogens with zero attached hydrogens (tertiary/aromatic N) is 3. The molecule has 1 rings (SSSR count). The topological polar surface area (TPSA) is 61.3 Å². The fraction of sp³-hybridized carbons (Fsp3) is 0.400. The quantitative estimate of drug-likeness (QED) is 0.633. The molecule has 0 atom stereocenters. The Balaban J connectivity index is 0.000000810. The summed E-state index contributed by atoms with van der Waals surface area (Å²) >= 11 is 1.16. The van der Waals surface area contributed by atoms with Crippen molar-refractivity contribution in [2.75, 3.05) is 0 Å². The maximum absolute atomic E-state index is 8.49. The second-order valence-corrected chi connectivity index (χ2v) is 2.46. The van der Waals surface area contributed by atoms with Crippen molar-refractivity contribution in [3.05, 3.63) is 16.0 Å². The van der Waals surface area contributed by atoms with Crippen molar-refractivity contribution in [3.8, 4) is 0 Å². The van der Waals surface area contributed by atoms with Gasteiger partial charge in [0.25, 0.3) is 0 Å². The molecule has 1 aromatic rings. The van der Waals surface area contributed by atoms with Crippen molar-refractivity contribution in [3.63, 3.8) is 0 Å². The van der Waals surface area contributed by atoms with Gasteiger partial charge < -0.3 is 5.11 Å². The van der Waals surface area contributed by atoms with E-state index < -0.39 is 0 Å². The van der Waals surface area contributed by atoms with E-state index in [0.717, 1.165) is 11.3 Å². The molecule has 0 spiro atoms. The van der Waals surface area contributed by atoms with Gasteiger partial charge >= 0.3 is 5.13 Å². The van der Waals surface area contributed by atoms with Crippen LogP contribution in [0.4, 0.5) is 5.13 Å². The van der Waals surface area contributed by atoms with Crippen molar-refractivity contribution in [1.29, 1.82) is 5.39 Å². The van der Waals surface area contributed by atoms with Gasteiger partial charge in [0.05, 0.1) is 16.9 Å². The second-order valence-electron chi connectivity index (χ2n) is 1.37. The van der Waals surface area contributed by atoms with E-state index in [4.69, 9.17) is 10.5 Å². The molecule has 54 valence electrons. The third-order valence-corrected chi connectivity index (χ3v) is 1.65. The molecule has 1 N–H and O–H groups in total. The van der Waals surface area contributed by atoms with Crippen LogP contribution in [-0.2, 0) is 6.61 Å². The van der Waals surface area contributed by atoms with Crippen LogP contribution >= 0.6 is 11.3 Å². The lowest BCUT2D eigenvalue weighted by molar-refractivity contribution is 0.285. The molecule has 0 aromatic carbocycles. The Kier molecular flexibility index (Phi) is 3.54. The lowest BCUT2D eigenvalue weighted by atomic mass is 10.6. The molecule has 4 nitrogen and oxygen atoms in total. The maximum Gasteiger partial charge on any atom is 0.523 e. The number of aliphatic hydroxyl groups is 1. The minimum absolute atomic E-state index is 0. The summed E-state index contributed by atoms with van der Waals surface area (Å²) < 4.78 is 0. The highest BCUT2D eigenvalue weighted by molar-refractivity contribution is 7.15. The zero-order chi connectivity index (χ0) is 6.69. The van der Waals surface area contributed by atoms with E-state index in [1.54, 1.807) is 0 Å². The summed E-state index contributed by atoms with van der Waals surface area (Å²) in [6, 6.07) is 0. The zero-order valence-electron chi connectivity index (χ0n) is 4.48. The standard InChI is InChI=1S/C4H4N3OS.CH4/c5-7-4-6-1-3(2-8)9-4;/h1,8H,2H2;1H4/q+1;. The van der Waals surface area contributed by atoms with Crippen LogP contribution in [0.25, 0.3) is 4.98 Å². The SMILES string of the molecule is C.N#[N+]c1ncc(CO)s1. The third-order valence-electron chi connectivity index (χ3n) is 0.783. The van der Waals surface area contributed by atoms with Crippen LogP contribution in [0, 0.1) is 5.39 Å². The van der Waals surface area contributed by atoms with E-state index in [1.165, 1.54) is 6.20 Å². The van der Waals surface area contributed by atoms with Crippen molar-refractivity contribution in [1.82, 2.24) is 4.98 Å².